The minimum Gasteiger partial charge on any atom is -0.457 e. The van der Waals surface area contributed by atoms with Crippen LogP contribution in [0.25, 0.3) is 33.4 Å². The van der Waals surface area contributed by atoms with Gasteiger partial charge >= 0.3 is 0 Å². The lowest BCUT2D eigenvalue weighted by Gasteiger charge is -2.39. The SMILES string of the molecule is c1ccc(-c2cccc(N(c3ccccc3)c3ccc4c(c3)-c3cc(N(c5ccccc5)c5cccc(-c6ccccc6)c5)ccc3C43c4ccccc4Oc4ccccc43)c2)cc1. The van der Waals surface area contributed by atoms with Gasteiger partial charge < -0.3 is 14.5 Å². The van der Waals surface area contributed by atoms with Crippen molar-refractivity contribution >= 4 is 34.1 Å². The number of hydrogen-bond acceptors (Lipinski definition) is 3. The number of fused-ring (bicyclic) bond motifs is 9. The third kappa shape index (κ3) is 6.13. The molecule has 0 saturated heterocycles. The van der Waals surface area contributed by atoms with Gasteiger partial charge in [-0.05, 0) is 129 Å². The molecule has 64 heavy (non-hydrogen) atoms. The molecule has 0 bridgehead atoms. The average molecular weight is 819 g/mol. The Balaban J connectivity index is 1.11. The van der Waals surface area contributed by atoms with Gasteiger partial charge in [0, 0.05) is 45.3 Å². The summed E-state index contributed by atoms with van der Waals surface area (Å²) in [5, 5.41) is 0. The smallest absolute Gasteiger partial charge is 0.132 e. The van der Waals surface area contributed by atoms with Crippen LogP contribution in [-0.4, -0.2) is 0 Å². The molecule has 0 aromatic heterocycles. The lowest BCUT2D eigenvalue weighted by atomic mass is 9.66. The van der Waals surface area contributed by atoms with Crippen LogP contribution < -0.4 is 14.5 Å². The molecule has 1 heterocycles. The minimum atomic E-state index is -0.622. The number of benzene rings is 10. The predicted octanol–water partition coefficient (Wildman–Crippen LogP) is 16.4. The minimum absolute atomic E-state index is 0.622. The maximum Gasteiger partial charge on any atom is 0.132 e. The highest BCUT2D eigenvalue weighted by molar-refractivity contribution is 5.94. The summed E-state index contributed by atoms with van der Waals surface area (Å²) in [5.74, 6) is 1.75. The van der Waals surface area contributed by atoms with Crippen molar-refractivity contribution in [2.75, 3.05) is 9.80 Å². The van der Waals surface area contributed by atoms with Gasteiger partial charge in [-0.1, -0.05) is 170 Å². The molecule has 1 aliphatic heterocycles. The quantitative estimate of drug-likeness (QED) is 0.152. The molecule has 0 fully saturated rings. The van der Waals surface area contributed by atoms with Crippen LogP contribution in [0.5, 0.6) is 11.5 Å². The third-order valence-electron chi connectivity index (χ3n) is 12.9. The van der Waals surface area contributed by atoms with E-state index in [1.807, 2.05) is 0 Å². The lowest BCUT2D eigenvalue weighted by molar-refractivity contribution is 0.436. The van der Waals surface area contributed by atoms with Crippen molar-refractivity contribution < 1.29 is 4.74 Å². The molecule has 2 aliphatic rings. The second-order valence-electron chi connectivity index (χ2n) is 16.5. The molecular formula is C61H42N2O. The van der Waals surface area contributed by atoms with Crippen LogP contribution in [0.1, 0.15) is 22.3 Å². The fourth-order valence-electron chi connectivity index (χ4n) is 10.1. The summed E-state index contributed by atoms with van der Waals surface area (Å²) in [5.41, 5.74) is 17.7. The number of hydrogen-bond donors (Lipinski definition) is 0. The van der Waals surface area contributed by atoms with Crippen molar-refractivity contribution in [3.63, 3.8) is 0 Å². The summed E-state index contributed by atoms with van der Waals surface area (Å²) in [6, 6.07) is 91.8. The molecule has 0 amide bonds. The molecule has 1 spiro atoms. The molecule has 0 atom stereocenters. The largest absolute Gasteiger partial charge is 0.457 e. The van der Waals surface area contributed by atoms with Gasteiger partial charge in [0.1, 0.15) is 11.5 Å². The summed E-state index contributed by atoms with van der Waals surface area (Å²) in [6.07, 6.45) is 0. The number of anilines is 6. The van der Waals surface area contributed by atoms with E-state index in [4.69, 9.17) is 4.74 Å². The van der Waals surface area contributed by atoms with E-state index in [2.05, 4.69) is 265 Å². The summed E-state index contributed by atoms with van der Waals surface area (Å²) in [7, 11) is 0. The van der Waals surface area contributed by atoms with E-state index >= 15 is 0 Å². The Labute approximate surface area is 374 Å². The first kappa shape index (κ1) is 37.4. The van der Waals surface area contributed by atoms with Crippen molar-refractivity contribution in [2.45, 2.75) is 5.41 Å². The Morgan fingerprint density at radius 2 is 0.594 bits per heavy atom. The van der Waals surface area contributed by atoms with E-state index in [1.165, 1.54) is 44.5 Å². The highest BCUT2D eigenvalue weighted by Gasteiger charge is 2.51. The van der Waals surface area contributed by atoms with Crippen LogP contribution in [-0.2, 0) is 5.41 Å². The normalized spacial score (nSPS) is 12.6. The van der Waals surface area contributed by atoms with E-state index in [1.54, 1.807) is 0 Å². The summed E-state index contributed by atoms with van der Waals surface area (Å²) in [6.45, 7) is 0. The maximum absolute atomic E-state index is 6.73. The van der Waals surface area contributed by atoms with E-state index in [9.17, 15) is 0 Å². The molecule has 3 heteroatoms. The van der Waals surface area contributed by atoms with Crippen LogP contribution in [0.15, 0.2) is 255 Å². The predicted molar refractivity (Wildman–Crippen MR) is 264 cm³/mol. The van der Waals surface area contributed by atoms with E-state index in [0.29, 0.717) is 0 Å². The standard InChI is InChI=1S/C61H42N2O/c1-5-19-43(20-6-1)45-23-17-29-49(39-45)62(47-25-9-3-10-26-47)51-35-37-55-53(41-51)54-42-52(36-38-56(54)61(55)57-31-13-15-33-59(57)64-60-34-16-14-32-58(60)61)63(48-27-11-4-12-28-48)50-30-18-24-46(40-50)44-21-7-2-8-22-44/h1-42H. The van der Waals surface area contributed by atoms with Gasteiger partial charge in [0.15, 0.2) is 0 Å². The van der Waals surface area contributed by atoms with Crippen LogP contribution >= 0.6 is 0 Å². The molecule has 10 aromatic carbocycles. The van der Waals surface area contributed by atoms with Gasteiger partial charge in [-0.3, -0.25) is 0 Å². The Kier molecular flexibility index (Phi) is 9.05. The van der Waals surface area contributed by atoms with Crippen molar-refractivity contribution in [1.82, 2.24) is 0 Å². The summed E-state index contributed by atoms with van der Waals surface area (Å²) < 4.78 is 6.73. The average Bonchev–Trinajstić information content (AvgIpc) is 3.65. The van der Waals surface area contributed by atoms with Gasteiger partial charge in [0.2, 0.25) is 0 Å². The highest BCUT2D eigenvalue weighted by Crippen LogP contribution is 2.63. The molecule has 3 nitrogen and oxygen atoms in total. The van der Waals surface area contributed by atoms with Crippen molar-refractivity contribution in [1.29, 1.82) is 0 Å². The van der Waals surface area contributed by atoms with E-state index < -0.39 is 5.41 Å². The molecule has 302 valence electrons. The summed E-state index contributed by atoms with van der Waals surface area (Å²) >= 11 is 0. The maximum atomic E-state index is 6.73. The van der Waals surface area contributed by atoms with Crippen LogP contribution in [0.3, 0.4) is 0 Å². The first-order chi connectivity index (χ1) is 31.7. The second-order valence-corrected chi connectivity index (χ2v) is 16.5. The van der Waals surface area contributed by atoms with Gasteiger partial charge in [-0.2, -0.15) is 0 Å². The summed E-state index contributed by atoms with van der Waals surface area (Å²) in [4.78, 5) is 4.77. The van der Waals surface area contributed by atoms with Crippen molar-refractivity contribution in [3.8, 4) is 44.9 Å². The molecule has 0 radical (unpaired) electrons. The monoisotopic (exact) mass is 818 g/mol. The Bertz CT molecular complexity index is 3090. The second kappa shape index (κ2) is 15.5. The van der Waals surface area contributed by atoms with Gasteiger partial charge in [0.25, 0.3) is 0 Å². The van der Waals surface area contributed by atoms with Gasteiger partial charge in [-0.15, -0.1) is 0 Å². The zero-order valence-corrected chi connectivity index (χ0v) is 35.1. The third-order valence-corrected chi connectivity index (χ3v) is 12.9. The number of rotatable bonds is 8. The van der Waals surface area contributed by atoms with Crippen LogP contribution in [0, 0.1) is 0 Å². The van der Waals surface area contributed by atoms with Gasteiger partial charge in [-0.25, -0.2) is 0 Å². The topological polar surface area (TPSA) is 15.7 Å². The van der Waals surface area contributed by atoms with Crippen molar-refractivity contribution in [3.05, 3.63) is 277 Å². The molecule has 0 N–H and O–H groups in total. The molecule has 1 aliphatic carbocycles. The van der Waals surface area contributed by atoms with Gasteiger partial charge in [0.05, 0.1) is 5.41 Å². The Morgan fingerprint density at radius 3 is 1.03 bits per heavy atom. The number of nitrogens with zero attached hydrogens (tertiary/aromatic N) is 2. The number of para-hydroxylation sites is 4. The Hall–Kier alpha value is -8.40. The highest BCUT2D eigenvalue weighted by atomic mass is 16.5. The first-order valence-corrected chi connectivity index (χ1v) is 21.9. The number of ether oxygens (including phenoxy) is 1. The van der Waals surface area contributed by atoms with Crippen molar-refractivity contribution in [2.24, 2.45) is 0 Å². The van der Waals surface area contributed by atoms with Crippen LogP contribution in [0.2, 0.25) is 0 Å². The van der Waals surface area contributed by atoms with Crippen LogP contribution in [0.4, 0.5) is 34.1 Å². The lowest BCUT2D eigenvalue weighted by Crippen LogP contribution is -2.32. The molecule has 12 rings (SSSR count). The fourth-order valence-corrected chi connectivity index (χ4v) is 10.1. The van der Waals surface area contributed by atoms with E-state index in [0.717, 1.165) is 56.8 Å². The molecular weight excluding hydrogens is 777 g/mol. The zero-order valence-electron chi connectivity index (χ0n) is 35.1. The molecule has 10 aromatic rings. The zero-order chi connectivity index (χ0) is 42.5. The fraction of sp³-hybridized carbons (Fsp3) is 0.0164. The Morgan fingerprint density at radius 1 is 0.250 bits per heavy atom. The molecule has 0 saturated carbocycles. The van der Waals surface area contributed by atoms with E-state index in [-0.39, 0.29) is 0 Å². The first-order valence-electron chi connectivity index (χ1n) is 21.9. The molecule has 0 unspecified atom stereocenters.